The highest BCUT2D eigenvalue weighted by Gasteiger charge is 2.17. The first-order valence-electron chi connectivity index (χ1n) is 22.6. The van der Waals surface area contributed by atoms with Crippen molar-refractivity contribution >= 4 is 23.9 Å². The van der Waals surface area contributed by atoms with Crippen LogP contribution in [0.5, 0.6) is 11.5 Å². The van der Waals surface area contributed by atoms with Gasteiger partial charge in [0.25, 0.3) is 0 Å². The number of aliphatic carboxylic acids is 2. The van der Waals surface area contributed by atoms with E-state index in [1.54, 1.807) is 6.07 Å². The van der Waals surface area contributed by atoms with E-state index in [1.807, 2.05) is 12.1 Å². The number of rotatable bonds is 39. The van der Waals surface area contributed by atoms with E-state index in [2.05, 4.69) is 0 Å². The fourth-order valence-corrected chi connectivity index (χ4v) is 7.66. The zero-order chi connectivity index (χ0) is 40.2. The van der Waals surface area contributed by atoms with Crippen molar-refractivity contribution in [3.63, 3.8) is 0 Å². The van der Waals surface area contributed by atoms with Crippen molar-refractivity contribution < 1.29 is 38.9 Å². The topological polar surface area (TPSA) is 127 Å². The summed E-state index contributed by atoms with van der Waals surface area (Å²) >= 11 is 0. The molecule has 0 saturated carbocycles. The molecule has 0 saturated heterocycles. The summed E-state index contributed by atoms with van der Waals surface area (Å²) in [6, 6.07) is 5.73. The maximum Gasteiger partial charge on any atom is 0.308 e. The van der Waals surface area contributed by atoms with Crippen LogP contribution in [-0.2, 0) is 19.2 Å². The molecule has 0 aliphatic carbocycles. The minimum atomic E-state index is -0.680. The second-order valence-corrected chi connectivity index (χ2v) is 16.1. The van der Waals surface area contributed by atoms with Gasteiger partial charge in [0.05, 0.1) is 0 Å². The lowest BCUT2D eigenvalue weighted by atomic mass is 9.88. The number of ether oxygens (including phenoxy) is 2. The van der Waals surface area contributed by atoms with E-state index in [1.165, 1.54) is 168 Å². The maximum atomic E-state index is 11.8. The van der Waals surface area contributed by atoms with Crippen molar-refractivity contribution in [1.82, 2.24) is 0 Å². The number of hydrogen-bond donors (Lipinski definition) is 2. The molecule has 0 radical (unpaired) electrons. The number of hydrogen-bond acceptors (Lipinski definition) is 6. The molecule has 0 bridgehead atoms. The molecule has 0 spiro atoms. The van der Waals surface area contributed by atoms with Gasteiger partial charge in [-0.2, -0.15) is 0 Å². The third kappa shape index (κ3) is 31.9. The van der Waals surface area contributed by atoms with E-state index in [0.717, 1.165) is 56.9 Å². The lowest BCUT2D eigenvalue weighted by Crippen LogP contribution is -2.08. The van der Waals surface area contributed by atoms with Gasteiger partial charge < -0.3 is 19.7 Å². The Labute approximate surface area is 335 Å². The van der Waals surface area contributed by atoms with Crippen LogP contribution in [0.2, 0.25) is 0 Å². The number of carboxylic acids is 2. The number of carbonyl (C=O) groups is 4. The highest BCUT2D eigenvalue weighted by atomic mass is 16.6. The molecule has 0 unspecified atom stereocenters. The van der Waals surface area contributed by atoms with Gasteiger partial charge >= 0.3 is 23.9 Å². The molecular weight excluding hydrogens is 693 g/mol. The van der Waals surface area contributed by atoms with Gasteiger partial charge in [-0.25, -0.2) is 0 Å². The van der Waals surface area contributed by atoms with Gasteiger partial charge in [0.15, 0.2) is 11.5 Å². The van der Waals surface area contributed by atoms with E-state index in [9.17, 15) is 19.2 Å². The van der Waals surface area contributed by atoms with Crippen molar-refractivity contribution in [3.05, 3.63) is 23.8 Å². The Morgan fingerprint density at radius 1 is 0.418 bits per heavy atom. The predicted molar refractivity (Wildman–Crippen MR) is 224 cm³/mol. The average molecular weight is 773 g/mol. The van der Waals surface area contributed by atoms with Gasteiger partial charge in [0.1, 0.15) is 0 Å². The van der Waals surface area contributed by atoms with E-state index in [4.69, 9.17) is 19.7 Å². The standard InChI is InChI=1S/C47H80O8/c1-40(48)54-44-38-37-43(39-45(44)55-41(2)49)42(33-29-25-21-17-13-9-5-3-7-11-15-19-23-27-31-35-46(50)51)34-30-26-22-18-14-10-6-4-8-12-16-20-24-28-32-36-47(52)53/h37-39,42H,3-36H2,1-2H3,(H,50,51)(H,52,53). The number of carbonyl (C=O) groups excluding carboxylic acids is 2. The first kappa shape index (κ1) is 50.1. The molecule has 316 valence electrons. The first-order valence-corrected chi connectivity index (χ1v) is 22.6. The van der Waals surface area contributed by atoms with Crippen molar-refractivity contribution in [2.45, 2.75) is 238 Å². The van der Waals surface area contributed by atoms with Crippen molar-refractivity contribution in [3.8, 4) is 11.5 Å². The zero-order valence-electron chi connectivity index (χ0n) is 35.2. The molecule has 2 N–H and O–H groups in total. The van der Waals surface area contributed by atoms with E-state index in [-0.39, 0.29) is 0 Å². The average Bonchev–Trinajstić information content (AvgIpc) is 3.13. The molecule has 0 aromatic heterocycles. The highest BCUT2D eigenvalue weighted by Crippen LogP contribution is 2.36. The largest absolute Gasteiger partial charge is 0.481 e. The Hall–Kier alpha value is -2.90. The molecule has 0 fully saturated rings. The lowest BCUT2D eigenvalue weighted by Gasteiger charge is -2.19. The normalized spacial score (nSPS) is 11.3. The van der Waals surface area contributed by atoms with Gasteiger partial charge in [-0.15, -0.1) is 0 Å². The van der Waals surface area contributed by atoms with Crippen LogP contribution in [0.25, 0.3) is 0 Å². The fourth-order valence-electron chi connectivity index (χ4n) is 7.66. The van der Waals surface area contributed by atoms with Crippen LogP contribution >= 0.6 is 0 Å². The quantitative estimate of drug-likeness (QED) is 0.0385. The van der Waals surface area contributed by atoms with Gasteiger partial charge in [0.2, 0.25) is 0 Å². The highest BCUT2D eigenvalue weighted by molar-refractivity contribution is 5.73. The Morgan fingerprint density at radius 2 is 0.691 bits per heavy atom. The molecular formula is C47H80O8. The van der Waals surface area contributed by atoms with Crippen LogP contribution in [0.1, 0.15) is 244 Å². The number of unbranched alkanes of at least 4 members (excludes halogenated alkanes) is 28. The van der Waals surface area contributed by atoms with Crippen LogP contribution in [0.3, 0.4) is 0 Å². The second-order valence-electron chi connectivity index (χ2n) is 16.1. The summed E-state index contributed by atoms with van der Waals surface area (Å²) in [7, 11) is 0. The Morgan fingerprint density at radius 3 is 0.982 bits per heavy atom. The third-order valence-electron chi connectivity index (χ3n) is 10.8. The van der Waals surface area contributed by atoms with E-state index >= 15 is 0 Å². The molecule has 0 atom stereocenters. The monoisotopic (exact) mass is 773 g/mol. The summed E-state index contributed by atoms with van der Waals surface area (Å²) in [4.78, 5) is 44.7. The Bertz CT molecular complexity index is 1080. The number of benzene rings is 1. The zero-order valence-corrected chi connectivity index (χ0v) is 35.2. The van der Waals surface area contributed by atoms with Gasteiger partial charge in [-0.1, -0.05) is 186 Å². The van der Waals surface area contributed by atoms with Crippen LogP contribution in [0.15, 0.2) is 18.2 Å². The molecule has 55 heavy (non-hydrogen) atoms. The van der Waals surface area contributed by atoms with Gasteiger partial charge in [-0.3, -0.25) is 19.2 Å². The SMILES string of the molecule is CC(=O)Oc1ccc(C(CCCCCCCCCCCCCCCCCC(=O)O)CCCCCCCCCCCCCCCCCC(=O)O)cc1OC(C)=O. The molecule has 0 amide bonds. The molecule has 8 heteroatoms. The predicted octanol–water partition coefficient (Wildman–Crippen LogP) is 14.1. The minimum Gasteiger partial charge on any atom is -0.481 e. The van der Waals surface area contributed by atoms with Crippen LogP contribution < -0.4 is 9.47 Å². The summed E-state index contributed by atoms with van der Waals surface area (Å²) in [6.07, 6.45) is 39.7. The Kier molecular flexibility index (Phi) is 32.4. The van der Waals surface area contributed by atoms with Crippen molar-refractivity contribution in [1.29, 1.82) is 0 Å². The molecule has 0 aliphatic heterocycles. The molecule has 8 nitrogen and oxygen atoms in total. The molecule has 1 aromatic carbocycles. The van der Waals surface area contributed by atoms with Crippen LogP contribution in [0.4, 0.5) is 0 Å². The third-order valence-corrected chi connectivity index (χ3v) is 10.8. The number of carboxylic acid groups (broad SMARTS) is 2. The summed E-state index contributed by atoms with van der Waals surface area (Å²) in [5.74, 6) is -1.22. The van der Waals surface area contributed by atoms with Gasteiger partial charge in [-0.05, 0) is 49.3 Å². The number of esters is 2. The first-order chi connectivity index (χ1) is 26.7. The van der Waals surface area contributed by atoms with Crippen molar-refractivity contribution in [2.24, 2.45) is 0 Å². The second kappa shape index (κ2) is 35.5. The summed E-state index contributed by atoms with van der Waals surface area (Å²) in [6.45, 7) is 2.73. The summed E-state index contributed by atoms with van der Waals surface area (Å²) in [5, 5.41) is 17.4. The fraction of sp³-hybridized carbons (Fsp3) is 0.787. The smallest absolute Gasteiger partial charge is 0.308 e. The minimum absolute atomic E-state index is 0.292. The lowest BCUT2D eigenvalue weighted by molar-refractivity contribution is -0.138. The Balaban J connectivity index is 2.31. The van der Waals surface area contributed by atoms with Crippen molar-refractivity contribution in [2.75, 3.05) is 0 Å². The maximum absolute atomic E-state index is 11.8. The molecule has 0 aliphatic rings. The van der Waals surface area contributed by atoms with E-state index in [0.29, 0.717) is 30.3 Å². The van der Waals surface area contributed by atoms with Crippen LogP contribution in [0, 0.1) is 0 Å². The summed E-state index contributed by atoms with van der Waals surface area (Å²) in [5.41, 5.74) is 1.16. The molecule has 1 aromatic rings. The summed E-state index contributed by atoms with van der Waals surface area (Å²) < 4.78 is 10.8. The molecule has 1 rings (SSSR count). The molecule has 0 heterocycles. The van der Waals surface area contributed by atoms with Crippen LogP contribution in [-0.4, -0.2) is 34.1 Å². The van der Waals surface area contributed by atoms with E-state index < -0.39 is 23.9 Å². The van der Waals surface area contributed by atoms with Gasteiger partial charge in [0, 0.05) is 26.7 Å².